The number of hydrogen-bond donors (Lipinski definition) is 3. The molecule has 0 saturated heterocycles. The van der Waals surface area contributed by atoms with Gasteiger partial charge in [-0.2, -0.15) is 13.2 Å². The van der Waals surface area contributed by atoms with Crippen LogP contribution >= 0.6 is 15.9 Å². The monoisotopic (exact) mass is 516 g/mol. The van der Waals surface area contributed by atoms with Crippen molar-refractivity contribution in [1.82, 2.24) is 25.3 Å². The molecular formula is C19H17BrF4N6O2. The van der Waals surface area contributed by atoms with Crippen LogP contribution in [0.4, 0.5) is 28.2 Å². The molecule has 3 N–H and O–H groups in total. The van der Waals surface area contributed by atoms with Gasteiger partial charge in [-0.3, -0.25) is 0 Å². The smallest absolute Gasteiger partial charge is 0.416 e. The summed E-state index contributed by atoms with van der Waals surface area (Å²) in [7, 11) is 1.26. The van der Waals surface area contributed by atoms with Gasteiger partial charge in [0.1, 0.15) is 27.8 Å². The average molecular weight is 517 g/mol. The highest BCUT2D eigenvalue weighted by Gasteiger charge is 2.31. The standard InChI is InChI=1S/C19H17BrF4N6O2/c1-9(27-18(31)32-2)8-26-13-5-6-25-17(28-13)14-15(20)30-16(29-14)11-4-3-10(7-12(11)21)19(22,23)24/h3-7,9H,8H2,1-2H3,(H,27,31)(H,29,30)(H,25,26,28)/t9-/m0/s1. The first-order valence-electron chi connectivity index (χ1n) is 9.13. The average Bonchev–Trinajstić information content (AvgIpc) is 3.13. The summed E-state index contributed by atoms with van der Waals surface area (Å²) < 4.78 is 57.4. The topological polar surface area (TPSA) is 105 Å². The van der Waals surface area contributed by atoms with Crippen molar-refractivity contribution < 1.29 is 27.1 Å². The lowest BCUT2D eigenvalue weighted by Crippen LogP contribution is -2.37. The molecule has 1 aromatic carbocycles. The molecule has 0 spiro atoms. The van der Waals surface area contributed by atoms with E-state index in [0.29, 0.717) is 24.1 Å². The molecular weight excluding hydrogens is 500 g/mol. The number of alkyl halides is 3. The molecule has 13 heteroatoms. The summed E-state index contributed by atoms with van der Waals surface area (Å²) in [4.78, 5) is 26.7. The normalized spacial score (nSPS) is 12.3. The third kappa shape index (κ3) is 5.52. The fourth-order valence-corrected chi connectivity index (χ4v) is 3.11. The second kappa shape index (κ2) is 9.51. The lowest BCUT2D eigenvalue weighted by molar-refractivity contribution is -0.137. The number of nitrogens with one attached hydrogen (secondary N) is 3. The van der Waals surface area contributed by atoms with E-state index in [4.69, 9.17) is 0 Å². The summed E-state index contributed by atoms with van der Waals surface area (Å²) in [5.74, 6) is -0.411. The fraction of sp³-hybridized carbons (Fsp3) is 0.263. The maximum Gasteiger partial charge on any atom is 0.416 e. The van der Waals surface area contributed by atoms with Gasteiger partial charge in [-0.15, -0.1) is 0 Å². The van der Waals surface area contributed by atoms with Gasteiger partial charge in [-0.25, -0.2) is 24.1 Å². The van der Waals surface area contributed by atoms with Crippen LogP contribution in [0.5, 0.6) is 0 Å². The number of carbonyl (C=O) groups excluding carboxylic acids is 1. The van der Waals surface area contributed by atoms with Crippen LogP contribution in [0.25, 0.3) is 22.9 Å². The lowest BCUT2D eigenvalue weighted by Gasteiger charge is -2.14. The molecule has 0 fully saturated rings. The highest BCUT2D eigenvalue weighted by Crippen LogP contribution is 2.34. The molecule has 0 aliphatic carbocycles. The summed E-state index contributed by atoms with van der Waals surface area (Å²) in [6, 6.07) is 3.54. The summed E-state index contributed by atoms with van der Waals surface area (Å²) >= 11 is 3.24. The second-order valence-corrected chi connectivity index (χ2v) is 7.38. The van der Waals surface area contributed by atoms with Crippen molar-refractivity contribution in [3.8, 4) is 22.9 Å². The Morgan fingerprint density at radius 2 is 2.03 bits per heavy atom. The van der Waals surface area contributed by atoms with Gasteiger partial charge in [-0.1, -0.05) is 0 Å². The summed E-state index contributed by atoms with van der Waals surface area (Å²) in [6.07, 6.45) is -3.74. The van der Waals surface area contributed by atoms with Crippen LogP contribution in [-0.2, 0) is 10.9 Å². The number of halogens is 5. The predicted octanol–water partition coefficient (Wildman–Crippen LogP) is 4.61. The van der Waals surface area contributed by atoms with Crippen molar-refractivity contribution in [2.45, 2.75) is 19.1 Å². The number of alkyl carbamates (subject to hydrolysis) is 1. The van der Waals surface area contributed by atoms with Gasteiger partial charge < -0.3 is 20.4 Å². The van der Waals surface area contributed by atoms with Gasteiger partial charge in [0.2, 0.25) is 0 Å². The van der Waals surface area contributed by atoms with Crippen LogP contribution in [0.1, 0.15) is 12.5 Å². The van der Waals surface area contributed by atoms with Gasteiger partial charge in [-0.05, 0) is 47.1 Å². The highest BCUT2D eigenvalue weighted by atomic mass is 79.9. The van der Waals surface area contributed by atoms with Crippen LogP contribution in [0, 0.1) is 5.82 Å². The van der Waals surface area contributed by atoms with E-state index in [1.165, 1.54) is 13.3 Å². The Morgan fingerprint density at radius 3 is 2.69 bits per heavy atom. The first-order valence-corrected chi connectivity index (χ1v) is 9.92. The molecule has 0 aliphatic rings. The van der Waals surface area contributed by atoms with Gasteiger partial charge in [0.05, 0.1) is 18.2 Å². The molecule has 0 saturated carbocycles. The maximum absolute atomic E-state index is 14.3. The molecule has 1 atom stereocenters. The number of hydrogen-bond acceptors (Lipinski definition) is 6. The Kier molecular flexibility index (Phi) is 6.96. The van der Waals surface area contributed by atoms with E-state index < -0.39 is 23.7 Å². The quantitative estimate of drug-likeness (QED) is 0.413. The molecule has 0 bridgehead atoms. The number of anilines is 1. The number of aromatic nitrogens is 4. The molecule has 3 rings (SSSR count). The van der Waals surface area contributed by atoms with Crippen molar-refractivity contribution in [3.05, 3.63) is 46.4 Å². The molecule has 170 valence electrons. The molecule has 3 aromatic rings. The van der Waals surface area contributed by atoms with Crippen molar-refractivity contribution in [2.24, 2.45) is 0 Å². The van der Waals surface area contributed by atoms with Gasteiger partial charge in [0, 0.05) is 18.8 Å². The van der Waals surface area contributed by atoms with Crippen molar-refractivity contribution >= 4 is 27.8 Å². The number of imidazole rings is 1. The summed E-state index contributed by atoms with van der Waals surface area (Å²) in [5.41, 5.74) is -0.923. The number of carbonyl (C=O) groups is 1. The first-order chi connectivity index (χ1) is 15.1. The van der Waals surface area contributed by atoms with E-state index in [9.17, 15) is 22.4 Å². The number of aromatic amines is 1. The highest BCUT2D eigenvalue weighted by molar-refractivity contribution is 9.10. The molecule has 0 unspecified atom stereocenters. The van der Waals surface area contributed by atoms with Crippen LogP contribution in [0.3, 0.4) is 0 Å². The SMILES string of the molecule is COC(=O)N[C@@H](C)CNc1ccnc(-c2[nH]c(-c3ccc(C(F)(F)F)cc3F)nc2Br)n1. The Balaban J connectivity index is 1.81. The maximum atomic E-state index is 14.3. The van der Waals surface area contributed by atoms with Gasteiger partial charge in [0.15, 0.2) is 5.82 Å². The number of H-pyrrole nitrogens is 1. The zero-order chi connectivity index (χ0) is 23.5. The molecule has 2 aromatic heterocycles. The zero-order valence-electron chi connectivity index (χ0n) is 16.7. The fourth-order valence-electron chi connectivity index (χ4n) is 2.66. The number of benzene rings is 1. The Hall–Kier alpha value is -3.22. The van der Waals surface area contributed by atoms with E-state index >= 15 is 0 Å². The molecule has 1 amide bonds. The van der Waals surface area contributed by atoms with E-state index in [0.717, 1.165) is 12.1 Å². The minimum atomic E-state index is -4.65. The zero-order valence-corrected chi connectivity index (χ0v) is 18.3. The van der Waals surface area contributed by atoms with Crippen LogP contribution in [0.15, 0.2) is 35.1 Å². The third-order valence-electron chi connectivity index (χ3n) is 4.23. The van der Waals surface area contributed by atoms with E-state index in [1.807, 2.05) is 0 Å². The minimum Gasteiger partial charge on any atom is -0.453 e. The Bertz CT molecular complexity index is 1120. The number of ether oxygens (including phenoxy) is 1. The van der Waals surface area contributed by atoms with Crippen molar-refractivity contribution in [1.29, 1.82) is 0 Å². The molecule has 0 radical (unpaired) electrons. The summed E-state index contributed by atoms with van der Waals surface area (Å²) in [6.45, 7) is 2.11. The summed E-state index contributed by atoms with van der Waals surface area (Å²) in [5, 5.41) is 5.63. The lowest BCUT2D eigenvalue weighted by atomic mass is 10.1. The number of methoxy groups -OCH3 is 1. The van der Waals surface area contributed by atoms with Crippen molar-refractivity contribution in [2.75, 3.05) is 19.0 Å². The van der Waals surface area contributed by atoms with E-state index in [2.05, 4.69) is 51.2 Å². The van der Waals surface area contributed by atoms with E-state index in [-0.39, 0.29) is 27.9 Å². The first kappa shape index (κ1) is 23.4. The molecule has 2 heterocycles. The molecule has 32 heavy (non-hydrogen) atoms. The molecule has 8 nitrogen and oxygen atoms in total. The largest absolute Gasteiger partial charge is 0.453 e. The third-order valence-corrected chi connectivity index (χ3v) is 4.80. The van der Waals surface area contributed by atoms with Crippen LogP contribution in [0.2, 0.25) is 0 Å². The van der Waals surface area contributed by atoms with E-state index in [1.54, 1.807) is 13.0 Å². The number of amides is 1. The van der Waals surface area contributed by atoms with Crippen molar-refractivity contribution in [3.63, 3.8) is 0 Å². The Labute approximate surface area is 188 Å². The van der Waals surface area contributed by atoms with Crippen LogP contribution in [-0.4, -0.2) is 45.7 Å². The number of nitrogens with zero attached hydrogens (tertiary/aromatic N) is 3. The van der Waals surface area contributed by atoms with Gasteiger partial charge in [0.25, 0.3) is 0 Å². The predicted molar refractivity (Wildman–Crippen MR) is 111 cm³/mol. The second-order valence-electron chi connectivity index (χ2n) is 6.63. The number of rotatable bonds is 6. The minimum absolute atomic E-state index is 0.0101. The van der Waals surface area contributed by atoms with Crippen LogP contribution < -0.4 is 10.6 Å². The van der Waals surface area contributed by atoms with Gasteiger partial charge >= 0.3 is 12.3 Å². The molecule has 0 aliphatic heterocycles. The Morgan fingerprint density at radius 1 is 1.28 bits per heavy atom.